The zero-order valence-electron chi connectivity index (χ0n) is 10.3. The number of nitrogens with zero attached hydrogens (tertiary/aromatic N) is 1. The summed E-state index contributed by atoms with van der Waals surface area (Å²) in [4.78, 5) is 0. The molecule has 2 N–H and O–H groups in total. The van der Waals surface area contributed by atoms with E-state index >= 15 is 0 Å². The van der Waals surface area contributed by atoms with Gasteiger partial charge in [0.15, 0.2) is 0 Å². The van der Waals surface area contributed by atoms with Crippen LogP contribution in [0.4, 0.5) is 5.69 Å². The van der Waals surface area contributed by atoms with E-state index in [0.29, 0.717) is 6.04 Å². The quantitative estimate of drug-likeness (QED) is 0.833. The summed E-state index contributed by atoms with van der Waals surface area (Å²) < 4.78 is 0. The van der Waals surface area contributed by atoms with Crippen molar-refractivity contribution in [3.05, 3.63) is 29.3 Å². The molecule has 0 unspecified atom stereocenters. The first-order chi connectivity index (χ1) is 8.29. The second-order valence-corrected chi connectivity index (χ2v) is 4.65. The number of nitrogens with one attached hydrogen (secondary N) is 2. The summed E-state index contributed by atoms with van der Waals surface area (Å²) in [5.41, 5.74) is 2.91. The van der Waals surface area contributed by atoms with Crippen molar-refractivity contribution in [1.29, 1.82) is 5.26 Å². The maximum Gasteiger partial charge on any atom is 0.0994 e. The highest BCUT2D eigenvalue weighted by Crippen LogP contribution is 2.15. The van der Waals surface area contributed by atoms with Gasteiger partial charge in [0.25, 0.3) is 0 Å². The Hall–Kier alpha value is -1.53. The first-order valence-corrected chi connectivity index (χ1v) is 6.27. The summed E-state index contributed by atoms with van der Waals surface area (Å²) in [7, 11) is 0. The molecule has 1 aliphatic heterocycles. The second kappa shape index (κ2) is 5.70. The predicted molar refractivity (Wildman–Crippen MR) is 70.0 cm³/mol. The molecule has 3 nitrogen and oxygen atoms in total. The lowest BCUT2D eigenvalue weighted by Gasteiger charge is -2.12. The molecule has 2 rings (SSSR count). The number of hydrogen-bond donors (Lipinski definition) is 2. The molecule has 1 atom stereocenters. The largest absolute Gasteiger partial charge is 0.385 e. The van der Waals surface area contributed by atoms with E-state index in [0.717, 1.165) is 23.4 Å². The highest BCUT2D eigenvalue weighted by Gasteiger charge is 2.12. The van der Waals surface area contributed by atoms with E-state index in [1.54, 1.807) is 0 Å². The molecule has 0 radical (unpaired) electrons. The van der Waals surface area contributed by atoms with E-state index in [9.17, 15) is 0 Å². The summed E-state index contributed by atoms with van der Waals surface area (Å²) in [5.74, 6) is 0. The highest BCUT2D eigenvalue weighted by molar-refractivity contribution is 5.51. The molecular formula is C14H19N3. The maximum atomic E-state index is 8.85. The van der Waals surface area contributed by atoms with Crippen LogP contribution in [-0.2, 0) is 0 Å². The predicted octanol–water partition coefficient (Wildman–Crippen LogP) is 2.42. The van der Waals surface area contributed by atoms with Crippen molar-refractivity contribution in [3.8, 4) is 6.07 Å². The molecule has 0 aliphatic carbocycles. The Labute approximate surface area is 103 Å². The zero-order chi connectivity index (χ0) is 12.1. The minimum Gasteiger partial charge on any atom is -0.385 e. The molecule has 1 fully saturated rings. The van der Waals surface area contributed by atoms with E-state index in [4.69, 9.17) is 5.26 Å². The van der Waals surface area contributed by atoms with Crippen molar-refractivity contribution >= 4 is 5.69 Å². The van der Waals surface area contributed by atoms with Crippen LogP contribution < -0.4 is 10.6 Å². The molecule has 3 heteroatoms. The summed E-state index contributed by atoms with van der Waals surface area (Å²) in [6.45, 7) is 4.13. The average molecular weight is 229 g/mol. The normalized spacial score (nSPS) is 18.9. The third kappa shape index (κ3) is 3.21. The first kappa shape index (κ1) is 11.9. The molecule has 0 bridgehead atoms. The molecule has 1 aromatic carbocycles. The van der Waals surface area contributed by atoms with Gasteiger partial charge in [-0.05, 0) is 56.5 Å². The Kier molecular flexibility index (Phi) is 4.00. The van der Waals surface area contributed by atoms with Crippen molar-refractivity contribution in [2.45, 2.75) is 32.2 Å². The minimum atomic E-state index is 0.682. The van der Waals surface area contributed by atoms with Gasteiger partial charge < -0.3 is 10.6 Å². The van der Waals surface area contributed by atoms with Gasteiger partial charge in [-0.1, -0.05) is 0 Å². The highest BCUT2D eigenvalue weighted by atomic mass is 14.9. The first-order valence-electron chi connectivity index (χ1n) is 6.27. The van der Waals surface area contributed by atoms with Crippen LogP contribution in [0.15, 0.2) is 18.2 Å². The Morgan fingerprint density at radius 1 is 1.53 bits per heavy atom. The van der Waals surface area contributed by atoms with Crippen LogP contribution in [0.5, 0.6) is 0 Å². The molecule has 0 aromatic heterocycles. The molecule has 90 valence electrons. The van der Waals surface area contributed by atoms with Crippen molar-refractivity contribution in [2.24, 2.45) is 0 Å². The standard InChI is InChI=1S/C14H19N3/c1-11-9-14(5-4-12(11)10-15)17-8-6-13-3-2-7-16-13/h4-5,9,13,16-17H,2-3,6-8H2,1H3/t13-/m1/s1. The van der Waals surface area contributed by atoms with Gasteiger partial charge in [0, 0.05) is 18.3 Å². The van der Waals surface area contributed by atoms with E-state index in [-0.39, 0.29) is 0 Å². The van der Waals surface area contributed by atoms with Gasteiger partial charge in [0.1, 0.15) is 0 Å². The zero-order valence-corrected chi connectivity index (χ0v) is 10.3. The molecule has 0 saturated carbocycles. The minimum absolute atomic E-state index is 0.682. The summed E-state index contributed by atoms with van der Waals surface area (Å²) in [6, 6.07) is 8.77. The summed E-state index contributed by atoms with van der Waals surface area (Å²) in [6.07, 6.45) is 3.77. The van der Waals surface area contributed by atoms with E-state index < -0.39 is 0 Å². The summed E-state index contributed by atoms with van der Waals surface area (Å²) in [5, 5.41) is 15.8. The fraction of sp³-hybridized carbons (Fsp3) is 0.500. The molecule has 17 heavy (non-hydrogen) atoms. The number of anilines is 1. The number of aryl methyl sites for hydroxylation is 1. The van der Waals surface area contributed by atoms with E-state index in [1.165, 1.54) is 25.8 Å². The molecule has 1 saturated heterocycles. The van der Waals surface area contributed by atoms with Crippen LogP contribution in [0.2, 0.25) is 0 Å². The Bertz CT molecular complexity index is 414. The maximum absolute atomic E-state index is 8.85. The molecule has 0 amide bonds. The third-order valence-electron chi connectivity index (χ3n) is 3.33. The van der Waals surface area contributed by atoms with Gasteiger partial charge in [-0.3, -0.25) is 0 Å². The van der Waals surface area contributed by atoms with Gasteiger partial charge in [-0.15, -0.1) is 0 Å². The third-order valence-corrected chi connectivity index (χ3v) is 3.33. The van der Waals surface area contributed by atoms with Gasteiger partial charge >= 0.3 is 0 Å². The van der Waals surface area contributed by atoms with Crippen LogP contribution in [-0.4, -0.2) is 19.1 Å². The monoisotopic (exact) mass is 229 g/mol. The smallest absolute Gasteiger partial charge is 0.0994 e. The van der Waals surface area contributed by atoms with Crippen molar-refractivity contribution < 1.29 is 0 Å². The van der Waals surface area contributed by atoms with Gasteiger partial charge in [-0.2, -0.15) is 5.26 Å². The topological polar surface area (TPSA) is 47.8 Å². The van der Waals surface area contributed by atoms with E-state index in [2.05, 4.69) is 16.7 Å². The van der Waals surface area contributed by atoms with Gasteiger partial charge in [-0.25, -0.2) is 0 Å². The number of nitriles is 1. The fourth-order valence-electron chi connectivity index (χ4n) is 2.29. The second-order valence-electron chi connectivity index (χ2n) is 4.65. The van der Waals surface area contributed by atoms with E-state index in [1.807, 2.05) is 25.1 Å². The molecule has 0 spiro atoms. The van der Waals surface area contributed by atoms with Crippen LogP contribution in [0.1, 0.15) is 30.4 Å². The Morgan fingerprint density at radius 3 is 3.06 bits per heavy atom. The molecule has 1 aromatic rings. The number of benzene rings is 1. The molecule has 1 aliphatic rings. The average Bonchev–Trinajstić information content (AvgIpc) is 2.82. The van der Waals surface area contributed by atoms with Crippen LogP contribution in [0.25, 0.3) is 0 Å². The van der Waals surface area contributed by atoms with Gasteiger partial charge in [0.2, 0.25) is 0 Å². The van der Waals surface area contributed by atoms with Crippen molar-refractivity contribution in [2.75, 3.05) is 18.4 Å². The Morgan fingerprint density at radius 2 is 2.41 bits per heavy atom. The number of hydrogen-bond acceptors (Lipinski definition) is 3. The van der Waals surface area contributed by atoms with Crippen LogP contribution in [0.3, 0.4) is 0 Å². The lowest BCUT2D eigenvalue weighted by atomic mass is 10.1. The van der Waals surface area contributed by atoms with Crippen LogP contribution >= 0.6 is 0 Å². The number of rotatable bonds is 4. The molecule has 1 heterocycles. The lowest BCUT2D eigenvalue weighted by Crippen LogP contribution is -2.24. The Balaban J connectivity index is 1.82. The van der Waals surface area contributed by atoms with Crippen LogP contribution in [0, 0.1) is 18.3 Å². The fourth-order valence-corrected chi connectivity index (χ4v) is 2.29. The van der Waals surface area contributed by atoms with Gasteiger partial charge in [0.05, 0.1) is 11.6 Å². The molecular weight excluding hydrogens is 210 g/mol. The van der Waals surface area contributed by atoms with Crippen molar-refractivity contribution in [3.63, 3.8) is 0 Å². The summed E-state index contributed by atoms with van der Waals surface area (Å²) >= 11 is 0. The lowest BCUT2D eigenvalue weighted by molar-refractivity contribution is 0.574. The SMILES string of the molecule is Cc1cc(NCC[C@H]2CCCN2)ccc1C#N. The van der Waals surface area contributed by atoms with Crippen molar-refractivity contribution in [1.82, 2.24) is 5.32 Å².